The van der Waals surface area contributed by atoms with Gasteiger partial charge in [0, 0.05) is 31.7 Å². The molecule has 20 heavy (non-hydrogen) atoms. The van der Waals surface area contributed by atoms with Gasteiger partial charge < -0.3 is 10.6 Å². The van der Waals surface area contributed by atoms with E-state index < -0.39 is 0 Å². The first-order valence-corrected chi connectivity index (χ1v) is 7.69. The third-order valence-electron chi connectivity index (χ3n) is 3.78. The van der Waals surface area contributed by atoms with Crippen molar-refractivity contribution in [2.24, 2.45) is 0 Å². The number of carbonyl (C=O) groups excluding carboxylic acids is 1. The van der Waals surface area contributed by atoms with Crippen molar-refractivity contribution in [1.82, 2.24) is 25.6 Å². The van der Waals surface area contributed by atoms with E-state index in [1.807, 2.05) is 0 Å². The summed E-state index contributed by atoms with van der Waals surface area (Å²) in [6.45, 7) is 2.15. The summed E-state index contributed by atoms with van der Waals surface area (Å²) >= 11 is 0. The van der Waals surface area contributed by atoms with Crippen LogP contribution in [0, 0.1) is 0 Å². The van der Waals surface area contributed by atoms with Crippen molar-refractivity contribution in [1.29, 1.82) is 0 Å². The van der Waals surface area contributed by atoms with Crippen LogP contribution in [-0.4, -0.2) is 40.0 Å². The van der Waals surface area contributed by atoms with Crippen LogP contribution in [-0.2, 0) is 11.3 Å². The molecule has 0 radical (unpaired) electrons. The molecule has 1 aromatic heterocycles. The van der Waals surface area contributed by atoms with Crippen molar-refractivity contribution in [2.45, 2.75) is 57.5 Å². The smallest absolute Gasteiger partial charge is 0.221 e. The summed E-state index contributed by atoms with van der Waals surface area (Å²) in [5.74, 6) is 0.0724. The first-order valence-electron chi connectivity index (χ1n) is 7.69. The zero-order chi connectivity index (χ0) is 14.0. The number of amides is 1. The highest BCUT2D eigenvalue weighted by Crippen LogP contribution is 2.16. The minimum absolute atomic E-state index is 0.0724. The topological polar surface area (TPSA) is 71.8 Å². The van der Waals surface area contributed by atoms with Gasteiger partial charge in [-0.3, -0.25) is 9.48 Å². The van der Waals surface area contributed by atoms with Gasteiger partial charge in [0.05, 0.1) is 12.7 Å². The van der Waals surface area contributed by atoms with Crippen LogP contribution in [0.2, 0.25) is 0 Å². The van der Waals surface area contributed by atoms with E-state index in [0.717, 1.165) is 6.54 Å². The molecule has 2 N–H and O–H groups in total. The Morgan fingerprint density at radius 1 is 1.20 bits per heavy atom. The molecule has 6 nitrogen and oxygen atoms in total. The summed E-state index contributed by atoms with van der Waals surface area (Å²) in [4.78, 5) is 11.6. The van der Waals surface area contributed by atoms with Crippen molar-refractivity contribution < 1.29 is 4.79 Å². The predicted molar refractivity (Wildman–Crippen MR) is 77.1 cm³/mol. The fourth-order valence-corrected chi connectivity index (χ4v) is 2.62. The number of nitrogens with one attached hydrogen (secondary N) is 2. The molecule has 0 aliphatic heterocycles. The highest BCUT2D eigenvalue weighted by atomic mass is 16.1. The zero-order valence-corrected chi connectivity index (χ0v) is 12.1. The molecular formula is C14H25N5O. The van der Waals surface area contributed by atoms with E-state index in [0.29, 0.717) is 25.6 Å². The average Bonchev–Trinajstić information content (AvgIpc) is 2.84. The molecule has 1 amide bonds. The van der Waals surface area contributed by atoms with E-state index in [9.17, 15) is 4.79 Å². The Kier molecular flexibility index (Phi) is 6.50. The van der Waals surface area contributed by atoms with E-state index >= 15 is 0 Å². The molecule has 6 heteroatoms. The molecular weight excluding hydrogens is 254 g/mol. The maximum Gasteiger partial charge on any atom is 0.221 e. The Morgan fingerprint density at radius 2 is 2.00 bits per heavy atom. The lowest BCUT2D eigenvalue weighted by Gasteiger charge is -2.16. The second kappa shape index (κ2) is 8.68. The van der Waals surface area contributed by atoms with Gasteiger partial charge in [0.2, 0.25) is 5.91 Å². The molecule has 1 saturated carbocycles. The minimum atomic E-state index is 0.0724. The SMILES string of the molecule is O=C(CCn1ccnn1)NCCNC1CCCCCC1. The maximum atomic E-state index is 11.6. The first kappa shape index (κ1) is 15.0. The quantitative estimate of drug-likeness (QED) is 0.579. The molecule has 0 atom stereocenters. The van der Waals surface area contributed by atoms with Gasteiger partial charge >= 0.3 is 0 Å². The van der Waals surface area contributed by atoms with Crippen molar-refractivity contribution in [2.75, 3.05) is 13.1 Å². The van der Waals surface area contributed by atoms with Gasteiger partial charge in [-0.25, -0.2) is 0 Å². The lowest BCUT2D eigenvalue weighted by molar-refractivity contribution is -0.121. The standard InChI is InChI=1S/C14H25N5O/c20-14(7-11-19-12-10-17-18-19)16-9-8-15-13-5-3-1-2-4-6-13/h10,12-13,15H,1-9,11H2,(H,16,20). The van der Waals surface area contributed by atoms with Crippen LogP contribution < -0.4 is 10.6 Å². The van der Waals surface area contributed by atoms with E-state index in [4.69, 9.17) is 0 Å². The van der Waals surface area contributed by atoms with Gasteiger partial charge in [-0.1, -0.05) is 30.9 Å². The van der Waals surface area contributed by atoms with Crippen LogP contribution in [0.15, 0.2) is 12.4 Å². The maximum absolute atomic E-state index is 11.6. The van der Waals surface area contributed by atoms with Crippen molar-refractivity contribution in [3.05, 3.63) is 12.4 Å². The Balaban J connectivity index is 1.50. The van der Waals surface area contributed by atoms with Crippen LogP contribution in [0.4, 0.5) is 0 Å². The molecule has 1 heterocycles. The Hall–Kier alpha value is -1.43. The summed E-state index contributed by atoms with van der Waals surface area (Å²) in [5, 5.41) is 14.0. The number of hydrogen-bond acceptors (Lipinski definition) is 4. The monoisotopic (exact) mass is 279 g/mol. The molecule has 0 unspecified atom stereocenters. The molecule has 1 aliphatic carbocycles. The molecule has 0 saturated heterocycles. The van der Waals surface area contributed by atoms with Crippen LogP contribution in [0.3, 0.4) is 0 Å². The van der Waals surface area contributed by atoms with Crippen LogP contribution in [0.25, 0.3) is 0 Å². The Morgan fingerprint density at radius 3 is 2.70 bits per heavy atom. The van der Waals surface area contributed by atoms with Crippen LogP contribution in [0.5, 0.6) is 0 Å². The van der Waals surface area contributed by atoms with Gasteiger partial charge in [-0.05, 0) is 12.8 Å². The number of aryl methyl sites for hydroxylation is 1. The molecule has 1 aromatic rings. The second-order valence-corrected chi connectivity index (χ2v) is 5.41. The van der Waals surface area contributed by atoms with Crippen LogP contribution in [0.1, 0.15) is 44.9 Å². The summed E-state index contributed by atoms with van der Waals surface area (Å²) in [6, 6.07) is 0.643. The summed E-state index contributed by atoms with van der Waals surface area (Å²) in [7, 11) is 0. The van der Waals surface area contributed by atoms with Crippen molar-refractivity contribution in [3.8, 4) is 0 Å². The van der Waals surface area contributed by atoms with E-state index in [2.05, 4.69) is 20.9 Å². The number of nitrogens with zero attached hydrogens (tertiary/aromatic N) is 3. The molecule has 0 spiro atoms. The lowest BCUT2D eigenvalue weighted by atomic mass is 10.1. The lowest BCUT2D eigenvalue weighted by Crippen LogP contribution is -2.37. The van der Waals surface area contributed by atoms with Crippen molar-refractivity contribution >= 4 is 5.91 Å². The molecule has 0 bridgehead atoms. The summed E-state index contributed by atoms with van der Waals surface area (Å²) < 4.78 is 1.67. The van der Waals surface area contributed by atoms with Gasteiger partial charge in [0.25, 0.3) is 0 Å². The van der Waals surface area contributed by atoms with Gasteiger partial charge in [-0.15, -0.1) is 5.10 Å². The summed E-state index contributed by atoms with van der Waals surface area (Å²) in [5.41, 5.74) is 0. The largest absolute Gasteiger partial charge is 0.355 e. The molecule has 2 rings (SSSR count). The van der Waals surface area contributed by atoms with Gasteiger partial charge in [-0.2, -0.15) is 0 Å². The highest BCUT2D eigenvalue weighted by Gasteiger charge is 2.10. The fraction of sp³-hybridized carbons (Fsp3) is 0.786. The van der Waals surface area contributed by atoms with E-state index in [1.165, 1.54) is 38.5 Å². The Bertz CT molecular complexity index is 371. The summed E-state index contributed by atoms with van der Waals surface area (Å²) in [6.07, 6.45) is 11.8. The van der Waals surface area contributed by atoms with Crippen molar-refractivity contribution in [3.63, 3.8) is 0 Å². The number of carbonyl (C=O) groups is 1. The second-order valence-electron chi connectivity index (χ2n) is 5.41. The normalized spacial score (nSPS) is 16.8. The zero-order valence-electron chi connectivity index (χ0n) is 12.1. The van der Waals surface area contributed by atoms with E-state index in [-0.39, 0.29) is 5.91 Å². The number of rotatable bonds is 7. The molecule has 1 fully saturated rings. The average molecular weight is 279 g/mol. The van der Waals surface area contributed by atoms with E-state index in [1.54, 1.807) is 17.1 Å². The third kappa shape index (κ3) is 5.69. The number of hydrogen-bond donors (Lipinski definition) is 2. The van der Waals surface area contributed by atoms with Gasteiger partial charge in [0.1, 0.15) is 0 Å². The highest BCUT2D eigenvalue weighted by molar-refractivity contribution is 5.75. The fourth-order valence-electron chi connectivity index (χ4n) is 2.62. The Labute approximate surface area is 120 Å². The molecule has 1 aliphatic rings. The predicted octanol–water partition coefficient (Wildman–Crippen LogP) is 1.10. The van der Waals surface area contributed by atoms with Gasteiger partial charge in [0.15, 0.2) is 0 Å². The minimum Gasteiger partial charge on any atom is -0.355 e. The molecule has 112 valence electrons. The first-order chi connectivity index (χ1) is 9.84. The molecule has 0 aromatic carbocycles. The third-order valence-corrected chi connectivity index (χ3v) is 3.78. The number of aromatic nitrogens is 3. The van der Waals surface area contributed by atoms with Crippen LogP contribution >= 0.6 is 0 Å².